The minimum absolute atomic E-state index is 0.00989. The first-order valence-electron chi connectivity index (χ1n) is 28.8. The Balaban J connectivity index is 1.23. The fraction of sp³-hybridized carbons (Fsp3) is 0.280. The van der Waals surface area contributed by atoms with Crippen LogP contribution in [-0.2, 0) is 27.1 Å². The fourth-order valence-electron chi connectivity index (χ4n) is 13.4. The molecule has 9 aromatic rings. The van der Waals surface area contributed by atoms with Gasteiger partial charge >= 0.3 is 0 Å². The van der Waals surface area contributed by atoms with Crippen LogP contribution in [0.25, 0.3) is 22.3 Å². The van der Waals surface area contributed by atoms with Gasteiger partial charge in [-0.3, -0.25) is 0 Å². The summed E-state index contributed by atoms with van der Waals surface area (Å²) in [5.74, 6) is 0.258. The van der Waals surface area contributed by atoms with Gasteiger partial charge < -0.3 is 9.80 Å². The summed E-state index contributed by atoms with van der Waals surface area (Å²) in [7, 11) is 0. The van der Waals surface area contributed by atoms with Crippen molar-refractivity contribution >= 4 is 57.2 Å². The summed E-state index contributed by atoms with van der Waals surface area (Å²) < 4.78 is 0. The second kappa shape index (κ2) is 18.7. The maximum atomic E-state index is 2.76. The lowest BCUT2D eigenvalue weighted by Crippen LogP contribution is -2.62. The summed E-state index contributed by atoms with van der Waals surface area (Å²) in [6, 6.07) is 77.1. The molecule has 3 aliphatic rings. The van der Waals surface area contributed by atoms with Gasteiger partial charge in [-0.25, -0.2) is 0 Å². The van der Waals surface area contributed by atoms with Crippen molar-refractivity contribution in [3.05, 3.63) is 245 Å². The van der Waals surface area contributed by atoms with Gasteiger partial charge in [0.25, 0.3) is 6.71 Å². The Bertz CT molecular complexity index is 3670. The lowest BCUT2D eigenvalue weighted by atomic mass is 9.32. The van der Waals surface area contributed by atoms with Crippen LogP contribution in [0.2, 0.25) is 0 Å². The first-order valence-corrected chi connectivity index (χ1v) is 28.8. The summed E-state index contributed by atoms with van der Waals surface area (Å²) in [5.41, 5.74) is 26.6. The number of hydrogen-bond donors (Lipinski definition) is 0. The molecule has 2 nitrogen and oxygen atoms in total. The molecular formula is C75H77BN2. The van der Waals surface area contributed by atoms with Crippen LogP contribution in [0.15, 0.2) is 200 Å². The highest BCUT2D eigenvalue weighted by atomic mass is 15.2. The van der Waals surface area contributed by atoms with E-state index >= 15 is 0 Å². The van der Waals surface area contributed by atoms with E-state index in [-0.39, 0.29) is 39.7 Å². The lowest BCUT2D eigenvalue weighted by Gasteiger charge is -2.48. The quantitative estimate of drug-likeness (QED) is 0.133. The first-order chi connectivity index (χ1) is 37.1. The van der Waals surface area contributed by atoms with Crippen LogP contribution >= 0.6 is 0 Å². The molecule has 1 aliphatic carbocycles. The van der Waals surface area contributed by atoms with Crippen molar-refractivity contribution in [1.29, 1.82) is 0 Å². The molecule has 0 radical (unpaired) electrons. The standard InChI is InChI=1S/C75H77BN2/c1-49(2)52-42-67-69-68(43-52)78(70-59(50-26-18-14-19-27-50)44-57(71(3,4)5)45-60(70)51-28-20-15-21-29-51)66-48-62-61(72(6,7)40-41-73(62,8)9)47-64(66)76(69)63-46-56(75(12,13)54-32-24-17-25-33-54)36-39-65(63)77(67)58-37-34-55(35-38-58)74(10,11)53-30-22-16-23-31-53/h14-39,42-49H,40-41H2,1-13H3. The largest absolute Gasteiger partial charge is 0.311 e. The molecule has 0 saturated heterocycles. The highest BCUT2D eigenvalue weighted by Gasteiger charge is 2.48. The van der Waals surface area contributed by atoms with Gasteiger partial charge in [0.05, 0.1) is 5.69 Å². The normalized spacial score (nSPS) is 15.4. The highest BCUT2D eigenvalue weighted by Crippen LogP contribution is 2.55. The number of hydrogen-bond acceptors (Lipinski definition) is 2. The van der Waals surface area contributed by atoms with Gasteiger partial charge in [-0.1, -0.05) is 242 Å². The Labute approximate surface area is 467 Å². The molecule has 0 amide bonds. The zero-order valence-corrected chi connectivity index (χ0v) is 48.5. The minimum Gasteiger partial charge on any atom is -0.311 e. The molecule has 9 aromatic carbocycles. The van der Waals surface area contributed by atoms with Crippen molar-refractivity contribution in [2.24, 2.45) is 0 Å². The van der Waals surface area contributed by atoms with E-state index in [1.807, 2.05) is 0 Å². The Kier molecular flexibility index (Phi) is 12.3. The Morgan fingerprint density at radius 2 is 0.846 bits per heavy atom. The molecule has 0 unspecified atom stereocenters. The summed E-state index contributed by atoms with van der Waals surface area (Å²) in [4.78, 5) is 5.39. The predicted octanol–water partition coefficient (Wildman–Crippen LogP) is 18.5. The third-order valence-corrected chi connectivity index (χ3v) is 18.7. The number of fused-ring (bicyclic) bond motifs is 5. The highest BCUT2D eigenvalue weighted by molar-refractivity contribution is 7.00. The van der Waals surface area contributed by atoms with E-state index in [0.29, 0.717) is 0 Å². The summed E-state index contributed by atoms with van der Waals surface area (Å²) >= 11 is 0. The van der Waals surface area contributed by atoms with E-state index in [1.165, 1.54) is 112 Å². The fourth-order valence-corrected chi connectivity index (χ4v) is 13.4. The molecule has 2 aliphatic heterocycles. The third-order valence-electron chi connectivity index (χ3n) is 18.7. The molecular weight excluding hydrogens is 940 g/mol. The van der Waals surface area contributed by atoms with Crippen molar-refractivity contribution < 1.29 is 0 Å². The zero-order chi connectivity index (χ0) is 54.7. The number of anilines is 6. The van der Waals surface area contributed by atoms with Gasteiger partial charge in [0.1, 0.15) is 0 Å². The van der Waals surface area contributed by atoms with Crippen molar-refractivity contribution in [3.63, 3.8) is 0 Å². The van der Waals surface area contributed by atoms with E-state index in [4.69, 9.17) is 0 Å². The smallest absolute Gasteiger partial charge is 0.252 e. The molecule has 3 heteroatoms. The Hall–Kier alpha value is -7.36. The SMILES string of the molecule is CC(C)c1cc2c3c(c1)N(c1c(-c4ccccc4)cc(C(C)(C)C)cc1-c1ccccc1)c1cc4c(cc1B3c1cc(C(C)(C)c3ccccc3)ccc1N2c1ccc(C(C)(C)c2ccccc2)cc1)C(C)(C)CCC4(C)C. The van der Waals surface area contributed by atoms with Crippen LogP contribution in [0.4, 0.5) is 34.1 Å². The molecule has 2 heterocycles. The van der Waals surface area contributed by atoms with Crippen molar-refractivity contribution in [1.82, 2.24) is 0 Å². The molecule has 0 bridgehead atoms. The van der Waals surface area contributed by atoms with E-state index in [1.54, 1.807) is 0 Å². The molecule has 390 valence electrons. The maximum absolute atomic E-state index is 2.76. The molecule has 78 heavy (non-hydrogen) atoms. The molecule has 0 N–H and O–H groups in total. The van der Waals surface area contributed by atoms with E-state index in [0.717, 1.165) is 18.5 Å². The van der Waals surface area contributed by atoms with Crippen LogP contribution in [0.3, 0.4) is 0 Å². The number of benzene rings is 9. The zero-order valence-electron chi connectivity index (χ0n) is 48.5. The van der Waals surface area contributed by atoms with Gasteiger partial charge in [-0.2, -0.15) is 0 Å². The monoisotopic (exact) mass is 1020 g/mol. The van der Waals surface area contributed by atoms with Crippen molar-refractivity contribution in [3.8, 4) is 22.3 Å². The molecule has 0 aromatic heterocycles. The maximum Gasteiger partial charge on any atom is 0.252 e. The van der Waals surface area contributed by atoms with E-state index in [9.17, 15) is 0 Å². The summed E-state index contributed by atoms with van der Waals surface area (Å²) in [5, 5.41) is 0. The second-order valence-electron chi connectivity index (χ2n) is 26.7. The average molecular weight is 1020 g/mol. The minimum atomic E-state index is -0.258. The van der Waals surface area contributed by atoms with Gasteiger partial charge in [-0.15, -0.1) is 0 Å². The summed E-state index contributed by atoms with van der Waals surface area (Å²) in [6.07, 6.45) is 2.27. The number of rotatable bonds is 9. The molecule has 12 rings (SSSR count). The van der Waals surface area contributed by atoms with Crippen LogP contribution in [-0.4, -0.2) is 6.71 Å². The first kappa shape index (κ1) is 51.4. The van der Waals surface area contributed by atoms with Gasteiger partial charge in [-0.05, 0) is 156 Å². The van der Waals surface area contributed by atoms with Gasteiger partial charge in [0.15, 0.2) is 0 Å². The van der Waals surface area contributed by atoms with Crippen molar-refractivity contribution in [2.45, 2.75) is 136 Å². The Morgan fingerprint density at radius 3 is 1.35 bits per heavy atom. The van der Waals surface area contributed by atoms with Gasteiger partial charge in [0.2, 0.25) is 0 Å². The average Bonchev–Trinajstić information content (AvgIpc) is 2.73. The van der Waals surface area contributed by atoms with Gasteiger partial charge in [0, 0.05) is 50.4 Å². The van der Waals surface area contributed by atoms with Crippen LogP contribution in [0.5, 0.6) is 0 Å². The van der Waals surface area contributed by atoms with E-state index in [2.05, 4.69) is 300 Å². The predicted molar refractivity (Wildman–Crippen MR) is 337 cm³/mol. The van der Waals surface area contributed by atoms with Crippen LogP contribution in [0, 0.1) is 0 Å². The number of nitrogens with zero attached hydrogens (tertiary/aromatic N) is 2. The molecule has 0 atom stereocenters. The van der Waals surface area contributed by atoms with Crippen LogP contribution < -0.4 is 26.2 Å². The molecule has 0 fully saturated rings. The topological polar surface area (TPSA) is 6.48 Å². The van der Waals surface area contributed by atoms with Crippen LogP contribution in [0.1, 0.15) is 153 Å². The van der Waals surface area contributed by atoms with E-state index < -0.39 is 0 Å². The lowest BCUT2D eigenvalue weighted by molar-refractivity contribution is 0.332. The second-order valence-corrected chi connectivity index (χ2v) is 26.7. The molecule has 0 saturated carbocycles. The Morgan fingerprint density at radius 1 is 0.410 bits per heavy atom. The summed E-state index contributed by atoms with van der Waals surface area (Å²) in [6.45, 7) is 31.2. The molecule has 0 spiro atoms. The third kappa shape index (κ3) is 8.46. The van der Waals surface area contributed by atoms with Crippen molar-refractivity contribution in [2.75, 3.05) is 9.80 Å².